The fourth-order valence-electron chi connectivity index (χ4n) is 4.36. The zero-order valence-electron chi connectivity index (χ0n) is 22.7. The number of benzene rings is 1. The minimum absolute atomic E-state index is 0.0243. The Bertz CT molecular complexity index is 1260. The molecule has 0 bridgehead atoms. The van der Waals surface area contributed by atoms with Gasteiger partial charge in [0.25, 0.3) is 0 Å². The lowest BCUT2D eigenvalue weighted by atomic mass is 10.1. The molecular weight excluding hydrogens is 578 g/mol. The summed E-state index contributed by atoms with van der Waals surface area (Å²) in [5, 5.41) is 46.9. The molecule has 1 fully saturated rings. The fraction of sp³-hybridized carbons (Fsp3) is 0.520. The maximum Gasteiger partial charge on any atom is 0.338 e. The van der Waals surface area contributed by atoms with Gasteiger partial charge in [0, 0.05) is 29.7 Å². The van der Waals surface area contributed by atoms with E-state index in [2.05, 4.69) is 16.0 Å². The molecule has 2 aliphatic heterocycles. The average molecular weight is 612 g/mol. The van der Waals surface area contributed by atoms with Crippen LogP contribution < -0.4 is 21.7 Å². The highest BCUT2D eigenvalue weighted by atomic mass is 32.2. The van der Waals surface area contributed by atoms with Crippen LogP contribution in [0.4, 0.5) is 0 Å². The van der Waals surface area contributed by atoms with Gasteiger partial charge in [-0.25, -0.2) is 4.79 Å². The number of likely N-dealkylation sites (tertiary alicyclic amines) is 1. The summed E-state index contributed by atoms with van der Waals surface area (Å²) < 4.78 is 5.24. The summed E-state index contributed by atoms with van der Waals surface area (Å²) in [7, 11) is 0. The number of nitrogens with one attached hydrogen (secondary N) is 3. The van der Waals surface area contributed by atoms with Gasteiger partial charge in [0.15, 0.2) is 0 Å². The van der Waals surface area contributed by atoms with Gasteiger partial charge >= 0.3 is 11.9 Å². The number of carboxylic acids is 1. The molecular formula is C25H33N5O11S. The van der Waals surface area contributed by atoms with Gasteiger partial charge in [-0.1, -0.05) is 0 Å². The number of hydrogen-bond donors (Lipinski definition) is 8. The zero-order valence-corrected chi connectivity index (χ0v) is 23.6. The van der Waals surface area contributed by atoms with Crippen molar-refractivity contribution in [2.75, 3.05) is 18.9 Å². The number of ether oxygens (including phenoxy) is 1. The Morgan fingerprint density at radius 2 is 1.86 bits per heavy atom. The first-order valence-corrected chi connectivity index (χ1v) is 14.0. The van der Waals surface area contributed by atoms with Crippen molar-refractivity contribution >= 4 is 47.3 Å². The Labute approximate surface area is 243 Å². The summed E-state index contributed by atoms with van der Waals surface area (Å²) in [4.78, 5) is 77.2. The predicted molar refractivity (Wildman–Crippen MR) is 145 cm³/mol. The highest BCUT2D eigenvalue weighted by molar-refractivity contribution is 7.98. The van der Waals surface area contributed by atoms with Gasteiger partial charge in [-0.05, 0) is 26.3 Å². The van der Waals surface area contributed by atoms with Crippen molar-refractivity contribution in [1.29, 1.82) is 0 Å². The van der Waals surface area contributed by atoms with Crippen molar-refractivity contribution in [2.45, 2.75) is 62.3 Å². The molecule has 17 heteroatoms. The number of aromatic hydroxyl groups is 2. The smallest absolute Gasteiger partial charge is 0.338 e. The summed E-state index contributed by atoms with van der Waals surface area (Å²) in [5.41, 5.74) is 5.49. The fourth-order valence-corrected chi connectivity index (χ4v) is 5.46. The molecule has 9 N–H and O–H groups in total. The number of phenolic OH excluding ortho intramolecular Hbond substituents is 2. The first-order chi connectivity index (χ1) is 19.7. The lowest BCUT2D eigenvalue weighted by molar-refractivity contribution is -0.142. The largest absolute Gasteiger partial charge is 0.508 e. The van der Waals surface area contributed by atoms with Crippen LogP contribution in [0.2, 0.25) is 0 Å². The second-order valence-corrected chi connectivity index (χ2v) is 10.9. The number of aliphatic hydroxyl groups is 1. The predicted octanol–water partition coefficient (Wildman–Crippen LogP) is -2.63. The number of esters is 1. The molecule has 42 heavy (non-hydrogen) atoms. The first kappa shape index (κ1) is 32.4. The number of aliphatic hydroxyl groups excluding tert-OH is 1. The second kappa shape index (κ2) is 13.7. The van der Waals surface area contributed by atoms with Gasteiger partial charge in [0.2, 0.25) is 23.6 Å². The van der Waals surface area contributed by atoms with Crippen LogP contribution >= 0.6 is 11.8 Å². The monoisotopic (exact) mass is 611 g/mol. The molecule has 4 amide bonds. The molecule has 2 aliphatic rings. The van der Waals surface area contributed by atoms with E-state index >= 15 is 0 Å². The number of carboxylic acid groups (broad SMARTS) is 1. The normalized spacial score (nSPS) is 24.5. The van der Waals surface area contributed by atoms with Gasteiger partial charge in [-0.3, -0.25) is 24.0 Å². The van der Waals surface area contributed by atoms with Gasteiger partial charge in [0.1, 0.15) is 42.3 Å². The van der Waals surface area contributed by atoms with E-state index in [9.17, 15) is 49.2 Å². The minimum atomic E-state index is -1.65. The van der Waals surface area contributed by atoms with Gasteiger partial charge in [0.05, 0.1) is 17.7 Å². The molecule has 0 aliphatic carbocycles. The first-order valence-electron chi connectivity index (χ1n) is 12.9. The topological polar surface area (TPSA) is 258 Å². The van der Waals surface area contributed by atoms with Crippen molar-refractivity contribution in [3.63, 3.8) is 0 Å². The van der Waals surface area contributed by atoms with Crippen LogP contribution in [-0.2, 0) is 34.5 Å². The summed E-state index contributed by atoms with van der Waals surface area (Å²) in [6.45, 7) is 1.86. The van der Waals surface area contributed by atoms with Crippen LogP contribution in [0.25, 0.3) is 0 Å². The maximum atomic E-state index is 13.3. The number of nitrogens with zero attached hydrogens (tertiary/aromatic N) is 1. The molecule has 0 aromatic heterocycles. The van der Waals surface area contributed by atoms with Crippen LogP contribution in [-0.4, -0.2) is 116 Å². The number of nitrogens with two attached hydrogens (primary N) is 1. The third-order valence-corrected chi connectivity index (χ3v) is 7.71. The van der Waals surface area contributed by atoms with Gasteiger partial charge in [-0.2, -0.15) is 11.8 Å². The minimum Gasteiger partial charge on any atom is -0.508 e. The summed E-state index contributed by atoms with van der Waals surface area (Å²) >= 11 is 1.000. The summed E-state index contributed by atoms with van der Waals surface area (Å²) in [5.74, 6) is -6.88. The van der Waals surface area contributed by atoms with Crippen molar-refractivity contribution < 1.29 is 53.9 Å². The van der Waals surface area contributed by atoms with Gasteiger partial charge in [-0.15, -0.1) is 0 Å². The van der Waals surface area contributed by atoms with E-state index in [1.165, 1.54) is 13.8 Å². The molecule has 1 saturated heterocycles. The van der Waals surface area contributed by atoms with Crippen molar-refractivity contribution in [3.8, 4) is 11.5 Å². The number of carbonyl (C=O) groups excluding carboxylic acids is 5. The van der Waals surface area contributed by atoms with Crippen LogP contribution in [0.1, 0.15) is 36.2 Å². The average Bonchev–Trinajstić information content (AvgIpc) is 3.30. The molecule has 0 radical (unpaired) electrons. The van der Waals surface area contributed by atoms with E-state index in [0.717, 1.165) is 28.8 Å². The number of aliphatic carboxylic acids is 1. The Morgan fingerprint density at radius 1 is 1.17 bits per heavy atom. The quantitative estimate of drug-likeness (QED) is 0.153. The molecule has 1 aromatic rings. The molecule has 1 aromatic carbocycles. The van der Waals surface area contributed by atoms with Crippen molar-refractivity contribution in [1.82, 2.24) is 20.9 Å². The highest BCUT2D eigenvalue weighted by Gasteiger charge is 2.43. The van der Waals surface area contributed by atoms with E-state index in [4.69, 9.17) is 10.5 Å². The Morgan fingerprint density at radius 3 is 2.50 bits per heavy atom. The van der Waals surface area contributed by atoms with E-state index in [1.54, 1.807) is 0 Å². The molecule has 0 unspecified atom stereocenters. The number of hydrogen-bond acceptors (Lipinski definition) is 12. The molecule has 2 heterocycles. The maximum absolute atomic E-state index is 13.3. The Balaban J connectivity index is 1.93. The Kier molecular flexibility index (Phi) is 10.6. The van der Waals surface area contributed by atoms with Crippen molar-refractivity contribution in [2.24, 2.45) is 5.73 Å². The van der Waals surface area contributed by atoms with E-state index in [-0.39, 0.29) is 35.6 Å². The van der Waals surface area contributed by atoms with E-state index in [0.29, 0.717) is 0 Å². The van der Waals surface area contributed by atoms with Crippen molar-refractivity contribution in [3.05, 3.63) is 23.3 Å². The van der Waals surface area contributed by atoms with Crippen LogP contribution in [0.3, 0.4) is 0 Å². The molecule has 16 nitrogen and oxygen atoms in total. The van der Waals surface area contributed by atoms with Crippen LogP contribution in [0.15, 0.2) is 12.1 Å². The SMILES string of the molecule is C[C@H](N)C(=O)N1CC[C@@H](O)[C@H]1C(=O)N[C@H]1COC(=O)c2cc(O)cc(O)c2CSC[C@@H](C(=O)N[C@@H](C)C(=O)O)NC1=O. The summed E-state index contributed by atoms with van der Waals surface area (Å²) in [6, 6.07) is -4.63. The second-order valence-electron chi connectivity index (χ2n) is 9.92. The third-order valence-electron chi connectivity index (χ3n) is 6.65. The number of cyclic esters (lactones) is 1. The number of amides is 4. The molecule has 6 atom stereocenters. The van der Waals surface area contributed by atoms with Crippen LogP contribution in [0.5, 0.6) is 11.5 Å². The number of phenols is 2. The molecule has 0 saturated carbocycles. The lowest BCUT2D eigenvalue weighted by Crippen LogP contribution is -2.60. The van der Waals surface area contributed by atoms with Crippen LogP contribution in [0, 0.1) is 0 Å². The standard InChI is InChI=1S/C25H33N5O11S/c1-10(26)23(37)30-4-3-17(32)19(30)22(36)28-15-7-41-25(40)13-5-12(31)6-18(33)14(13)8-42-9-16(29-20(15)34)21(35)27-11(2)24(38)39/h5-6,10-11,15-17,19,31-33H,3-4,7-9,26H2,1-2H3,(H,27,35)(H,28,36)(H,29,34)(H,38,39)/t10-,11-,15-,16-,17+,19-/m0/s1. The molecule has 230 valence electrons. The van der Waals surface area contributed by atoms with E-state index < -0.39 is 90.0 Å². The van der Waals surface area contributed by atoms with Gasteiger partial charge < -0.3 is 51.7 Å². The highest BCUT2D eigenvalue weighted by Crippen LogP contribution is 2.31. The molecule has 3 rings (SSSR count). The molecule has 0 spiro atoms. The summed E-state index contributed by atoms with van der Waals surface area (Å²) in [6.07, 6.45) is -1.22. The number of carbonyl (C=O) groups is 6. The Hall–Kier alpha value is -4.09. The third kappa shape index (κ3) is 7.59. The zero-order chi connectivity index (χ0) is 31.3. The number of rotatable bonds is 6. The van der Waals surface area contributed by atoms with E-state index in [1.807, 2.05) is 0 Å². The number of fused-ring (bicyclic) bond motifs is 1. The lowest BCUT2D eigenvalue weighted by Gasteiger charge is -2.29. The number of thioether (sulfide) groups is 1.